The summed E-state index contributed by atoms with van der Waals surface area (Å²) >= 11 is 0. The molecule has 5 aromatic carbocycles. The van der Waals surface area contributed by atoms with Crippen LogP contribution in [0.4, 0.5) is 0 Å². The van der Waals surface area contributed by atoms with Crippen LogP contribution in [0.5, 0.6) is 0 Å². The van der Waals surface area contributed by atoms with Crippen molar-refractivity contribution in [3.63, 3.8) is 0 Å². The lowest BCUT2D eigenvalue weighted by molar-refractivity contribution is -0.376. The second kappa shape index (κ2) is 20.9. The van der Waals surface area contributed by atoms with Crippen molar-refractivity contribution in [1.29, 1.82) is 0 Å². The van der Waals surface area contributed by atoms with Crippen molar-refractivity contribution in [1.82, 2.24) is 0 Å². The maximum absolute atomic E-state index is 11.7. The van der Waals surface area contributed by atoms with E-state index < -0.39 is 87.8 Å². The van der Waals surface area contributed by atoms with Crippen LogP contribution < -0.4 is 0 Å². The van der Waals surface area contributed by atoms with Crippen LogP contribution >= 0.6 is 0 Å². The van der Waals surface area contributed by atoms with Crippen molar-refractivity contribution in [2.45, 2.75) is 101 Å². The van der Waals surface area contributed by atoms with Crippen LogP contribution in [0.2, 0.25) is 0 Å². The van der Waals surface area contributed by atoms with Gasteiger partial charge in [-0.3, -0.25) is 0 Å². The summed E-state index contributed by atoms with van der Waals surface area (Å²) in [5.41, 5.74) is 3.37. The van der Waals surface area contributed by atoms with Crippen LogP contribution in [0.1, 0.15) is 38.9 Å². The molecule has 10 heteroatoms. The molecule has 0 saturated carbocycles. The van der Waals surface area contributed by atoms with E-state index in [0.29, 0.717) is 16.7 Å². The molecule has 13 atom stereocenters. The Hall–Kier alpha value is -4.30. The van der Waals surface area contributed by atoms with Gasteiger partial charge in [-0.1, -0.05) is 152 Å². The molecular formula is C47H52O10. The van der Waals surface area contributed by atoms with Gasteiger partial charge in [-0.25, -0.2) is 0 Å². The predicted octanol–water partition coefficient (Wildman–Crippen LogP) is 6.75. The first-order valence-corrected chi connectivity index (χ1v) is 19.2. The highest BCUT2D eigenvalue weighted by atomic mass is 16.8. The lowest BCUT2D eigenvalue weighted by Gasteiger charge is -2.49. The van der Waals surface area contributed by atoms with Crippen molar-refractivity contribution in [3.05, 3.63) is 179 Å². The largest absolute Gasteiger partial charge is 0.394 e. The second-order valence-corrected chi connectivity index (χ2v) is 14.0. The molecule has 300 valence electrons. The minimum Gasteiger partial charge on any atom is -0.394 e. The van der Waals surface area contributed by atoms with Crippen LogP contribution in [-0.4, -0.2) is 78.2 Å². The molecule has 0 amide bonds. The van der Waals surface area contributed by atoms with E-state index in [9.17, 15) is 11.6 Å². The summed E-state index contributed by atoms with van der Waals surface area (Å²) in [5, 5.41) is 22.6. The molecule has 0 bridgehead atoms. The molecule has 5 aromatic rings. The summed E-state index contributed by atoms with van der Waals surface area (Å²) in [6.45, 7) is -2.32. The molecule has 2 fully saturated rings. The molecule has 2 saturated heterocycles. The van der Waals surface area contributed by atoms with Gasteiger partial charge in [-0.15, -0.1) is 0 Å². The molecule has 2 N–H and O–H groups in total. The molecule has 4 unspecified atom stereocenters. The fourth-order valence-corrected chi connectivity index (χ4v) is 6.91. The predicted molar refractivity (Wildman–Crippen MR) is 212 cm³/mol. The molecule has 2 aliphatic rings. The molecule has 2 heterocycles. The minimum atomic E-state index is -1.55. The molecular weight excluding hydrogens is 725 g/mol. The fourth-order valence-electron chi connectivity index (χ4n) is 6.91. The third-order valence-corrected chi connectivity index (χ3v) is 9.86. The van der Waals surface area contributed by atoms with E-state index in [0.717, 1.165) is 11.1 Å². The van der Waals surface area contributed by atoms with Crippen molar-refractivity contribution < 1.29 is 52.2 Å². The molecule has 7 rings (SSSR count). The van der Waals surface area contributed by atoms with Gasteiger partial charge in [0, 0.05) is 0 Å². The van der Waals surface area contributed by atoms with Gasteiger partial charge in [0.2, 0.25) is 0 Å². The first-order chi connectivity index (χ1) is 29.3. The van der Waals surface area contributed by atoms with Crippen LogP contribution in [0.3, 0.4) is 0 Å². The lowest BCUT2D eigenvalue weighted by atomic mass is 9.96. The zero-order valence-corrected chi connectivity index (χ0v) is 31.7. The van der Waals surface area contributed by atoms with Gasteiger partial charge in [-0.2, -0.15) is 0 Å². The molecule has 0 radical (unpaired) electrons. The molecule has 0 aliphatic carbocycles. The Morgan fingerprint density at radius 3 is 1.32 bits per heavy atom. The summed E-state index contributed by atoms with van der Waals surface area (Å²) in [5.74, 6) is 0. The molecule has 0 aromatic heterocycles. The van der Waals surface area contributed by atoms with Gasteiger partial charge in [0.15, 0.2) is 12.6 Å². The number of hydrogen-bond acceptors (Lipinski definition) is 10. The highest BCUT2D eigenvalue weighted by Crippen LogP contribution is 2.35. The fraction of sp³-hybridized carbons (Fsp3) is 0.362. The van der Waals surface area contributed by atoms with Crippen LogP contribution in [-0.2, 0) is 70.9 Å². The molecule has 10 nitrogen and oxygen atoms in total. The zero-order chi connectivity index (χ0) is 41.8. The number of hydrogen-bond donors (Lipinski definition) is 2. The average Bonchev–Trinajstić information content (AvgIpc) is 3.29. The topological polar surface area (TPSA) is 114 Å². The van der Waals surface area contributed by atoms with E-state index >= 15 is 0 Å². The third-order valence-electron chi connectivity index (χ3n) is 9.86. The molecule has 0 spiro atoms. The monoisotopic (exact) mass is 779 g/mol. The van der Waals surface area contributed by atoms with Gasteiger partial charge in [0.25, 0.3) is 0 Å². The number of ether oxygens (including phenoxy) is 8. The summed E-state index contributed by atoms with van der Waals surface area (Å²) in [6, 6.07) is 45.9. The molecule has 2 aliphatic heterocycles. The maximum atomic E-state index is 11.7. The summed E-state index contributed by atoms with van der Waals surface area (Å²) < 4.78 is 79.2. The van der Waals surface area contributed by atoms with Crippen LogP contribution in [0, 0.1) is 0 Å². The highest BCUT2D eigenvalue weighted by Gasteiger charge is 2.53. The first-order valence-electron chi connectivity index (χ1n) is 21.0. The Morgan fingerprint density at radius 2 is 0.860 bits per heavy atom. The zero-order valence-electron chi connectivity index (χ0n) is 34.7. The van der Waals surface area contributed by atoms with E-state index in [-0.39, 0.29) is 13.2 Å². The first kappa shape index (κ1) is 37.0. The summed E-state index contributed by atoms with van der Waals surface area (Å²) in [4.78, 5) is 0. The van der Waals surface area contributed by atoms with E-state index in [1.807, 2.05) is 78.9 Å². The van der Waals surface area contributed by atoms with Crippen molar-refractivity contribution in [3.8, 4) is 0 Å². The van der Waals surface area contributed by atoms with E-state index in [1.54, 1.807) is 79.7 Å². The minimum absolute atomic E-state index is 0.146. The van der Waals surface area contributed by atoms with E-state index in [4.69, 9.17) is 40.6 Å². The lowest BCUT2D eigenvalue weighted by Crippen LogP contribution is -2.65. The standard InChI is InChI=1S/C47H52O10/c1-33-40(50-28-34-17-7-2-8-18-34)42(52-30-36-21-11-4-12-22-36)44(46(49)55-33)57-47-45(54-32-38-25-15-6-16-26-38)43(53-31-37-23-13-5-14-24-37)41(39(27-48)56-47)51-29-35-19-9-3-10-20-35/h2-26,33,39-49H,27-32H2,1H3/t33-,39+,40-,41+,42+,43-,44+,45+,46+,47?/m0/s1/i29D,31D,32D/t29?,31?,32?,33-,39+,40-,41+,42+,43-,44+,45+,46+,47?. The SMILES string of the molecule is [2H]C(O[C@H]1[C@H](OC([2H])c2ccccc2)[C@@H](OC([2H])c2ccccc2)C(O[C@@H]2[C@H](OCc3ccccc3)[C@@H](OCc3ccccc3)[C@H](C)O[C@H]2O)O[C@@H]1CO)c1ccccc1. The Balaban J connectivity index is 1.26. The van der Waals surface area contributed by atoms with Crippen molar-refractivity contribution in [2.24, 2.45) is 0 Å². The quantitative estimate of drug-likeness (QED) is 0.0991. The van der Waals surface area contributed by atoms with Crippen LogP contribution in [0.15, 0.2) is 152 Å². The molecule has 57 heavy (non-hydrogen) atoms. The van der Waals surface area contributed by atoms with Gasteiger partial charge in [0.05, 0.1) is 49.8 Å². The summed E-state index contributed by atoms with van der Waals surface area (Å²) in [7, 11) is 0. The average molecular weight is 780 g/mol. The summed E-state index contributed by atoms with van der Waals surface area (Å²) in [6.07, 6.45) is -11.6. The number of aliphatic hydroxyl groups excluding tert-OH is 2. The van der Waals surface area contributed by atoms with Crippen molar-refractivity contribution >= 4 is 0 Å². The van der Waals surface area contributed by atoms with Gasteiger partial charge >= 0.3 is 0 Å². The van der Waals surface area contributed by atoms with E-state index in [1.165, 1.54) is 0 Å². The highest BCUT2D eigenvalue weighted by molar-refractivity contribution is 5.17. The van der Waals surface area contributed by atoms with Crippen LogP contribution in [0.25, 0.3) is 0 Å². The second-order valence-electron chi connectivity index (χ2n) is 14.0. The normalized spacial score (nSPS) is 30.0. The smallest absolute Gasteiger partial charge is 0.187 e. The maximum Gasteiger partial charge on any atom is 0.187 e. The third kappa shape index (κ3) is 11.2. The Morgan fingerprint density at radius 1 is 0.474 bits per heavy atom. The Labute approximate surface area is 339 Å². The van der Waals surface area contributed by atoms with Gasteiger partial charge in [0.1, 0.15) is 42.7 Å². The van der Waals surface area contributed by atoms with Crippen molar-refractivity contribution in [2.75, 3.05) is 6.61 Å². The van der Waals surface area contributed by atoms with Gasteiger partial charge in [-0.05, 0) is 34.7 Å². The van der Waals surface area contributed by atoms with E-state index in [2.05, 4.69) is 0 Å². The number of aliphatic hydroxyl groups is 2. The number of rotatable bonds is 18. The Kier molecular flexibility index (Phi) is 13.6. The number of benzene rings is 5. The van der Waals surface area contributed by atoms with Gasteiger partial charge < -0.3 is 48.1 Å². The Bertz CT molecular complexity index is 1970.